The van der Waals surface area contributed by atoms with Gasteiger partial charge in [-0.15, -0.1) is 0 Å². The third-order valence-electron chi connectivity index (χ3n) is 2.53. The van der Waals surface area contributed by atoms with Crippen LogP contribution in [0.15, 0.2) is 0 Å². The molecule has 0 amide bonds. The quantitative estimate of drug-likeness (QED) is 0.659. The Morgan fingerprint density at radius 2 is 2.14 bits per heavy atom. The van der Waals surface area contributed by atoms with E-state index >= 15 is 0 Å². The van der Waals surface area contributed by atoms with E-state index in [0.29, 0.717) is 26.1 Å². The molecule has 0 aromatic heterocycles. The number of hydrogen-bond acceptors (Lipinski definition) is 4. The Kier molecular flexibility index (Phi) is 3.88. The minimum atomic E-state index is -4.00. The van der Waals surface area contributed by atoms with Crippen molar-refractivity contribution in [3.8, 4) is 0 Å². The molecule has 2 N–H and O–H groups in total. The summed E-state index contributed by atoms with van der Waals surface area (Å²) >= 11 is 0. The molecule has 0 aromatic carbocycles. The second kappa shape index (κ2) is 4.57. The van der Waals surface area contributed by atoms with Gasteiger partial charge in [-0.1, -0.05) is 0 Å². The average Bonchev–Trinajstić information content (AvgIpc) is 2.02. The van der Waals surface area contributed by atoms with Gasteiger partial charge in [0.15, 0.2) is 0 Å². The highest BCUT2D eigenvalue weighted by molar-refractivity contribution is 7.85. The third kappa shape index (κ3) is 3.53. The van der Waals surface area contributed by atoms with E-state index in [1.807, 2.05) is 0 Å². The zero-order valence-electron chi connectivity index (χ0n) is 7.98. The summed E-state index contributed by atoms with van der Waals surface area (Å²) in [6, 6.07) is 0. The van der Waals surface area contributed by atoms with E-state index in [1.165, 1.54) is 0 Å². The lowest BCUT2D eigenvalue weighted by atomic mass is 9.82. The van der Waals surface area contributed by atoms with Gasteiger partial charge in [-0.2, -0.15) is 8.42 Å². The lowest BCUT2D eigenvalue weighted by molar-refractivity contribution is -0.00848. The van der Waals surface area contributed by atoms with Crippen molar-refractivity contribution in [1.82, 2.24) is 0 Å². The SMILES string of the molecule is O=S(=O)(O)C[C@]1(CCO)CCCOC1. The molecule has 6 heteroatoms. The summed E-state index contributed by atoms with van der Waals surface area (Å²) in [5, 5.41) is 8.85. The molecule has 5 nitrogen and oxygen atoms in total. The Bertz CT molecular complexity index is 260. The van der Waals surface area contributed by atoms with Crippen LogP contribution in [0.25, 0.3) is 0 Å². The van der Waals surface area contributed by atoms with Crippen LogP contribution in [0.3, 0.4) is 0 Å². The van der Waals surface area contributed by atoms with E-state index in [0.717, 1.165) is 6.42 Å². The fraction of sp³-hybridized carbons (Fsp3) is 1.00. The maximum atomic E-state index is 10.8. The molecule has 1 aliphatic rings. The molecular weight excluding hydrogens is 208 g/mol. The number of rotatable bonds is 4. The molecule has 0 unspecified atom stereocenters. The smallest absolute Gasteiger partial charge is 0.265 e. The fourth-order valence-corrected chi connectivity index (χ4v) is 3.06. The van der Waals surface area contributed by atoms with Gasteiger partial charge in [-0.3, -0.25) is 4.55 Å². The zero-order valence-corrected chi connectivity index (χ0v) is 8.79. The van der Waals surface area contributed by atoms with E-state index in [-0.39, 0.29) is 12.4 Å². The summed E-state index contributed by atoms with van der Waals surface area (Å²) in [6.45, 7) is 0.838. The van der Waals surface area contributed by atoms with Crippen LogP contribution in [0.2, 0.25) is 0 Å². The van der Waals surface area contributed by atoms with Gasteiger partial charge < -0.3 is 9.84 Å². The van der Waals surface area contributed by atoms with Gasteiger partial charge in [0.1, 0.15) is 0 Å². The van der Waals surface area contributed by atoms with Crippen LogP contribution in [-0.2, 0) is 14.9 Å². The first-order valence-electron chi connectivity index (χ1n) is 4.61. The highest BCUT2D eigenvalue weighted by Crippen LogP contribution is 2.33. The molecule has 0 radical (unpaired) electrons. The molecule has 0 aliphatic carbocycles. The molecule has 84 valence electrons. The van der Waals surface area contributed by atoms with Crippen molar-refractivity contribution in [2.75, 3.05) is 25.6 Å². The molecule has 0 saturated carbocycles. The van der Waals surface area contributed by atoms with Gasteiger partial charge in [0, 0.05) is 18.6 Å². The lowest BCUT2D eigenvalue weighted by Crippen LogP contribution is -2.39. The Labute approximate surface area is 83.8 Å². The number of ether oxygens (including phenoxy) is 1. The van der Waals surface area contributed by atoms with Gasteiger partial charge in [-0.25, -0.2) is 0 Å². The Morgan fingerprint density at radius 3 is 2.57 bits per heavy atom. The molecule has 14 heavy (non-hydrogen) atoms. The first-order chi connectivity index (χ1) is 6.47. The zero-order chi connectivity index (χ0) is 10.7. The standard InChI is InChI=1S/C8H16O5S/c9-4-3-8(7-14(10,11)12)2-1-5-13-6-8/h9H,1-7H2,(H,10,11,12)/t8-/m0/s1. The normalized spacial score (nSPS) is 29.0. The van der Waals surface area contributed by atoms with Crippen LogP contribution in [0, 0.1) is 5.41 Å². The van der Waals surface area contributed by atoms with Crippen molar-refractivity contribution in [2.24, 2.45) is 5.41 Å². The molecule has 1 heterocycles. The molecule has 1 fully saturated rings. The number of aliphatic hydroxyl groups is 1. The second-order valence-corrected chi connectivity index (χ2v) is 5.31. The van der Waals surface area contributed by atoms with Crippen LogP contribution < -0.4 is 0 Å². The maximum absolute atomic E-state index is 10.8. The highest BCUT2D eigenvalue weighted by atomic mass is 32.2. The molecule has 1 atom stereocenters. The van der Waals surface area contributed by atoms with Gasteiger partial charge in [0.2, 0.25) is 0 Å². The van der Waals surface area contributed by atoms with Crippen molar-refractivity contribution in [3.05, 3.63) is 0 Å². The predicted molar refractivity (Wildman–Crippen MR) is 50.6 cm³/mol. The topological polar surface area (TPSA) is 83.8 Å². The van der Waals surface area contributed by atoms with Gasteiger partial charge in [-0.05, 0) is 19.3 Å². The first-order valence-corrected chi connectivity index (χ1v) is 6.22. The number of aliphatic hydroxyl groups excluding tert-OH is 1. The van der Waals surface area contributed by atoms with E-state index < -0.39 is 15.5 Å². The van der Waals surface area contributed by atoms with Crippen molar-refractivity contribution < 1.29 is 22.8 Å². The van der Waals surface area contributed by atoms with Crippen molar-refractivity contribution >= 4 is 10.1 Å². The first kappa shape index (κ1) is 11.9. The summed E-state index contributed by atoms with van der Waals surface area (Å²) in [4.78, 5) is 0. The third-order valence-corrected chi connectivity index (χ3v) is 3.51. The van der Waals surface area contributed by atoms with Gasteiger partial charge in [0.05, 0.1) is 12.4 Å². The monoisotopic (exact) mass is 224 g/mol. The molecule has 0 spiro atoms. The van der Waals surface area contributed by atoms with Crippen molar-refractivity contribution in [2.45, 2.75) is 19.3 Å². The molecule has 1 aliphatic heterocycles. The second-order valence-electron chi connectivity index (χ2n) is 3.86. The lowest BCUT2D eigenvalue weighted by Gasteiger charge is -2.35. The van der Waals surface area contributed by atoms with Gasteiger partial charge >= 0.3 is 0 Å². The Morgan fingerprint density at radius 1 is 1.43 bits per heavy atom. The molecular formula is C8H16O5S. The molecule has 0 bridgehead atoms. The maximum Gasteiger partial charge on any atom is 0.265 e. The van der Waals surface area contributed by atoms with Crippen LogP contribution in [0.4, 0.5) is 0 Å². The largest absolute Gasteiger partial charge is 0.396 e. The van der Waals surface area contributed by atoms with E-state index in [1.54, 1.807) is 0 Å². The Hall–Kier alpha value is -0.170. The Balaban J connectivity index is 2.70. The van der Waals surface area contributed by atoms with Gasteiger partial charge in [0.25, 0.3) is 10.1 Å². The van der Waals surface area contributed by atoms with Crippen LogP contribution in [-0.4, -0.2) is 43.7 Å². The summed E-state index contributed by atoms with van der Waals surface area (Å²) in [5.41, 5.74) is -0.597. The highest BCUT2D eigenvalue weighted by Gasteiger charge is 2.36. The molecule has 0 aromatic rings. The van der Waals surface area contributed by atoms with Crippen molar-refractivity contribution in [1.29, 1.82) is 0 Å². The van der Waals surface area contributed by atoms with Crippen molar-refractivity contribution in [3.63, 3.8) is 0 Å². The van der Waals surface area contributed by atoms with Crippen LogP contribution in [0.1, 0.15) is 19.3 Å². The summed E-state index contributed by atoms with van der Waals surface area (Å²) in [5.74, 6) is -0.319. The minimum absolute atomic E-state index is 0.0844. The number of hydrogen-bond donors (Lipinski definition) is 2. The summed E-state index contributed by atoms with van der Waals surface area (Å²) < 4.78 is 35.6. The predicted octanol–water partition coefficient (Wildman–Crippen LogP) is 0.0534. The fourth-order valence-electron chi connectivity index (χ4n) is 1.92. The van der Waals surface area contributed by atoms with E-state index in [2.05, 4.69) is 0 Å². The van der Waals surface area contributed by atoms with E-state index in [4.69, 9.17) is 14.4 Å². The van der Waals surface area contributed by atoms with Crippen LogP contribution >= 0.6 is 0 Å². The van der Waals surface area contributed by atoms with E-state index in [9.17, 15) is 8.42 Å². The summed E-state index contributed by atoms with van der Waals surface area (Å²) in [7, 11) is -4.00. The minimum Gasteiger partial charge on any atom is -0.396 e. The summed E-state index contributed by atoms with van der Waals surface area (Å²) in [6.07, 6.45) is 1.80. The molecule has 1 rings (SSSR count). The molecule has 1 saturated heterocycles. The van der Waals surface area contributed by atoms with Crippen LogP contribution in [0.5, 0.6) is 0 Å². The average molecular weight is 224 g/mol.